The summed E-state index contributed by atoms with van der Waals surface area (Å²) >= 11 is 5.76. The average Bonchev–Trinajstić information content (AvgIpc) is 2.75. The summed E-state index contributed by atoms with van der Waals surface area (Å²) in [6.07, 6.45) is 3.28. The Bertz CT molecular complexity index is 381. The third-order valence-electron chi connectivity index (χ3n) is 1.53. The molecule has 0 radical (unpaired) electrons. The van der Waals surface area contributed by atoms with Crippen molar-refractivity contribution in [3.8, 4) is 11.5 Å². The van der Waals surface area contributed by atoms with Crippen LogP contribution < -0.4 is 0 Å². The van der Waals surface area contributed by atoms with Gasteiger partial charge >= 0.3 is 0 Å². The molecule has 0 spiro atoms. The normalized spacial score (nSPS) is 13.1. The molecule has 2 heterocycles. The van der Waals surface area contributed by atoms with Crippen LogP contribution in [0, 0.1) is 0 Å². The number of H-pyrrole nitrogens is 1. The van der Waals surface area contributed by atoms with Gasteiger partial charge in [0, 0.05) is 6.20 Å². The molecule has 2 aromatic heterocycles. The first-order valence-electron chi connectivity index (χ1n) is 3.74. The molecule has 0 fully saturated rings. The Balaban J connectivity index is 2.33. The molecule has 1 atom stereocenters. The molecule has 0 aliphatic heterocycles. The van der Waals surface area contributed by atoms with Crippen molar-refractivity contribution in [2.24, 2.45) is 0 Å². The Hall–Kier alpha value is -1.36. The van der Waals surface area contributed by atoms with Crippen LogP contribution in [0.3, 0.4) is 0 Å². The van der Waals surface area contributed by atoms with Crippen molar-refractivity contribution in [1.29, 1.82) is 0 Å². The van der Waals surface area contributed by atoms with Crippen LogP contribution in [-0.4, -0.2) is 20.4 Å². The Labute approximate surface area is 79.1 Å². The minimum absolute atomic E-state index is 0.270. The predicted molar refractivity (Wildman–Crippen MR) is 46.1 cm³/mol. The summed E-state index contributed by atoms with van der Waals surface area (Å²) < 4.78 is 5.28. The van der Waals surface area contributed by atoms with Crippen LogP contribution in [0.5, 0.6) is 0 Å². The number of aromatic amines is 1. The second-order valence-electron chi connectivity index (χ2n) is 2.55. The third kappa shape index (κ3) is 1.55. The van der Waals surface area contributed by atoms with Gasteiger partial charge in [-0.15, -0.1) is 21.8 Å². The number of rotatable bonds is 2. The molecule has 1 N–H and O–H groups in total. The Morgan fingerprint density at radius 2 is 2.38 bits per heavy atom. The highest BCUT2D eigenvalue weighted by Gasteiger charge is 2.12. The van der Waals surface area contributed by atoms with Gasteiger partial charge in [-0.2, -0.15) is 5.10 Å². The van der Waals surface area contributed by atoms with E-state index in [2.05, 4.69) is 20.4 Å². The molecule has 0 aromatic carbocycles. The highest BCUT2D eigenvalue weighted by Crippen LogP contribution is 2.22. The highest BCUT2D eigenvalue weighted by molar-refractivity contribution is 6.20. The van der Waals surface area contributed by atoms with Gasteiger partial charge in [0.2, 0.25) is 5.89 Å². The topological polar surface area (TPSA) is 67.6 Å². The largest absolute Gasteiger partial charge is 0.419 e. The molecule has 5 nitrogen and oxygen atoms in total. The zero-order chi connectivity index (χ0) is 9.26. The molecule has 0 amide bonds. The van der Waals surface area contributed by atoms with Crippen molar-refractivity contribution < 1.29 is 4.42 Å². The Morgan fingerprint density at radius 1 is 1.54 bits per heavy atom. The molecule has 6 heteroatoms. The van der Waals surface area contributed by atoms with E-state index >= 15 is 0 Å². The van der Waals surface area contributed by atoms with Crippen LogP contribution in [0.4, 0.5) is 0 Å². The van der Waals surface area contributed by atoms with Gasteiger partial charge in [-0.3, -0.25) is 5.10 Å². The summed E-state index contributed by atoms with van der Waals surface area (Å²) in [4.78, 5) is 0. The maximum atomic E-state index is 5.76. The van der Waals surface area contributed by atoms with E-state index in [0.717, 1.165) is 5.56 Å². The fraction of sp³-hybridized carbons (Fsp3) is 0.286. The quantitative estimate of drug-likeness (QED) is 0.747. The number of hydrogen-bond donors (Lipinski definition) is 1. The van der Waals surface area contributed by atoms with Gasteiger partial charge in [0.15, 0.2) is 0 Å². The summed E-state index contributed by atoms with van der Waals surface area (Å²) in [5, 5.41) is 13.8. The summed E-state index contributed by atoms with van der Waals surface area (Å²) in [5.41, 5.74) is 0.760. The SMILES string of the molecule is CC(Cl)c1nnc(-c2cn[nH]c2)o1. The van der Waals surface area contributed by atoms with E-state index in [1.54, 1.807) is 19.3 Å². The lowest BCUT2D eigenvalue weighted by Crippen LogP contribution is -1.81. The molecule has 2 aromatic rings. The first-order valence-corrected chi connectivity index (χ1v) is 4.17. The van der Waals surface area contributed by atoms with E-state index in [1.165, 1.54) is 0 Å². The lowest BCUT2D eigenvalue weighted by molar-refractivity contribution is 0.507. The van der Waals surface area contributed by atoms with Crippen molar-refractivity contribution in [3.63, 3.8) is 0 Å². The zero-order valence-corrected chi connectivity index (χ0v) is 7.62. The van der Waals surface area contributed by atoms with Crippen molar-refractivity contribution in [2.75, 3.05) is 0 Å². The fourth-order valence-corrected chi connectivity index (χ4v) is 0.968. The van der Waals surface area contributed by atoms with Crippen LogP contribution in [0.15, 0.2) is 16.8 Å². The second-order valence-corrected chi connectivity index (χ2v) is 3.20. The van der Waals surface area contributed by atoms with Gasteiger partial charge in [0.25, 0.3) is 5.89 Å². The van der Waals surface area contributed by atoms with Gasteiger partial charge in [-0.05, 0) is 6.92 Å². The molecule has 0 aliphatic carbocycles. The van der Waals surface area contributed by atoms with Crippen LogP contribution in [0.25, 0.3) is 11.5 Å². The van der Waals surface area contributed by atoms with Gasteiger partial charge < -0.3 is 4.42 Å². The third-order valence-corrected chi connectivity index (χ3v) is 1.71. The Morgan fingerprint density at radius 3 is 2.92 bits per heavy atom. The summed E-state index contributed by atoms with van der Waals surface area (Å²) in [6.45, 7) is 1.77. The fourth-order valence-electron chi connectivity index (χ4n) is 0.880. The van der Waals surface area contributed by atoms with E-state index in [-0.39, 0.29) is 5.38 Å². The van der Waals surface area contributed by atoms with Crippen LogP contribution in [0.2, 0.25) is 0 Å². The number of aromatic nitrogens is 4. The van der Waals surface area contributed by atoms with E-state index in [0.29, 0.717) is 11.8 Å². The monoisotopic (exact) mass is 198 g/mol. The van der Waals surface area contributed by atoms with E-state index in [1.807, 2.05) is 0 Å². The van der Waals surface area contributed by atoms with Gasteiger partial charge in [0.05, 0.1) is 11.8 Å². The number of nitrogens with one attached hydrogen (secondary N) is 1. The molecular weight excluding hydrogens is 192 g/mol. The van der Waals surface area contributed by atoms with Crippen LogP contribution in [0.1, 0.15) is 18.2 Å². The molecule has 0 bridgehead atoms. The lowest BCUT2D eigenvalue weighted by Gasteiger charge is -1.90. The van der Waals surface area contributed by atoms with E-state index < -0.39 is 0 Å². The lowest BCUT2D eigenvalue weighted by atomic mass is 10.4. The summed E-state index contributed by atoms with van der Waals surface area (Å²) in [6, 6.07) is 0. The maximum absolute atomic E-state index is 5.76. The standard InChI is InChI=1S/C7H7ClN4O/c1-4(8)6-11-12-7(13-6)5-2-9-10-3-5/h2-4H,1H3,(H,9,10). The first kappa shape index (κ1) is 8.25. The van der Waals surface area contributed by atoms with Gasteiger partial charge in [0.1, 0.15) is 5.38 Å². The zero-order valence-electron chi connectivity index (χ0n) is 6.86. The molecule has 1 unspecified atom stereocenters. The molecule has 2 rings (SSSR count). The van der Waals surface area contributed by atoms with Crippen LogP contribution in [-0.2, 0) is 0 Å². The summed E-state index contributed by atoms with van der Waals surface area (Å²) in [5.74, 6) is 0.842. The van der Waals surface area contributed by atoms with Crippen LogP contribution >= 0.6 is 11.6 Å². The van der Waals surface area contributed by atoms with E-state index in [9.17, 15) is 0 Å². The molecule has 0 aliphatic rings. The molecule has 0 saturated heterocycles. The number of nitrogens with zero attached hydrogens (tertiary/aromatic N) is 3. The number of halogens is 1. The smallest absolute Gasteiger partial charge is 0.250 e. The average molecular weight is 199 g/mol. The molecule has 0 saturated carbocycles. The minimum atomic E-state index is -0.270. The molecular formula is C7H7ClN4O. The van der Waals surface area contributed by atoms with Gasteiger partial charge in [-0.1, -0.05) is 0 Å². The predicted octanol–water partition coefficient (Wildman–Crippen LogP) is 1.76. The highest BCUT2D eigenvalue weighted by atomic mass is 35.5. The van der Waals surface area contributed by atoms with Crippen molar-refractivity contribution in [3.05, 3.63) is 18.3 Å². The van der Waals surface area contributed by atoms with Crippen molar-refractivity contribution >= 4 is 11.6 Å². The maximum Gasteiger partial charge on any atom is 0.250 e. The first-order chi connectivity index (χ1) is 6.27. The van der Waals surface area contributed by atoms with Crippen molar-refractivity contribution in [2.45, 2.75) is 12.3 Å². The Kier molecular flexibility index (Phi) is 2.02. The molecule has 13 heavy (non-hydrogen) atoms. The van der Waals surface area contributed by atoms with E-state index in [4.69, 9.17) is 16.0 Å². The summed E-state index contributed by atoms with van der Waals surface area (Å²) in [7, 11) is 0. The number of hydrogen-bond acceptors (Lipinski definition) is 4. The van der Waals surface area contributed by atoms with Crippen molar-refractivity contribution in [1.82, 2.24) is 20.4 Å². The van der Waals surface area contributed by atoms with Gasteiger partial charge in [-0.25, -0.2) is 0 Å². The minimum Gasteiger partial charge on any atom is -0.419 e. The molecule has 68 valence electrons. The number of alkyl halides is 1. The second kappa shape index (κ2) is 3.18.